The van der Waals surface area contributed by atoms with Crippen molar-refractivity contribution in [1.29, 1.82) is 0 Å². The number of aromatic nitrogens is 1. The number of amides is 1. The molecular formula is C14H17N3O3S2. The summed E-state index contributed by atoms with van der Waals surface area (Å²) in [6.07, 6.45) is 2.82. The molecule has 118 valence electrons. The fraction of sp³-hybridized carbons (Fsp3) is 0.286. The summed E-state index contributed by atoms with van der Waals surface area (Å²) >= 11 is 1.21. The van der Waals surface area contributed by atoms with E-state index in [-0.39, 0.29) is 10.8 Å². The predicted molar refractivity (Wildman–Crippen MR) is 86.1 cm³/mol. The van der Waals surface area contributed by atoms with Gasteiger partial charge in [-0.05, 0) is 24.1 Å². The Kier molecular flexibility index (Phi) is 5.51. The molecule has 0 fully saturated rings. The standard InChI is InChI=1S/C14H17N3O3S2/c1-2-3-13(18)16-10-11-4-6-12(7-5-11)22(19,20)17-14-15-8-9-21-14/h4-9H,2-3,10H2,1H3,(H,15,17)(H,16,18). The third-order valence-electron chi connectivity index (χ3n) is 2.85. The van der Waals surface area contributed by atoms with Crippen LogP contribution >= 0.6 is 11.3 Å². The van der Waals surface area contributed by atoms with Crippen LogP contribution in [-0.4, -0.2) is 19.3 Å². The van der Waals surface area contributed by atoms with Gasteiger partial charge in [0, 0.05) is 24.5 Å². The smallest absolute Gasteiger partial charge is 0.263 e. The normalized spacial score (nSPS) is 11.1. The van der Waals surface area contributed by atoms with Crippen LogP contribution in [-0.2, 0) is 21.4 Å². The minimum Gasteiger partial charge on any atom is -0.352 e. The van der Waals surface area contributed by atoms with Crippen LogP contribution in [0.1, 0.15) is 25.3 Å². The molecule has 2 rings (SSSR count). The fourth-order valence-electron chi connectivity index (χ4n) is 1.75. The Balaban J connectivity index is 2.00. The van der Waals surface area contributed by atoms with E-state index in [9.17, 15) is 13.2 Å². The quantitative estimate of drug-likeness (QED) is 0.810. The number of sulfonamides is 1. The summed E-state index contributed by atoms with van der Waals surface area (Å²) in [6.45, 7) is 2.33. The minimum atomic E-state index is -3.63. The number of nitrogens with zero attached hydrogens (tertiary/aromatic N) is 1. The molecule has 0 bridgehead atoms. The Morgan fingerprint density at radius 2 is 2.00 bits per heavy atom. The highest BCUT2D eigenvalue weighted by atomic mass is 32.2. The molecular weight excluding hydrogens is 322 g/mol. The lowest BCUT2D eigenvalue weighted by atomic mass is 10.2. The van der Waals surface area contributed by atoms with Crippen LogP contribution in [0.25, 0.3) is 0 Å². The third-order valence-corrected chi connectivity index (χ3v) is 5.03. The summed E-state index contributed by atoms with van der Waals surface area (Å²) in [6, 6.07) is 6.39. The maximum Gasteiger partial charge on any atom is 0.263 e. The molecule has 0 atom stereocenters. The molecule has 0 saturated heterocycles. The number of carbonyl (C=O) groups excluding carboxylic acids is 1. The molecule has 1 aromatic carbocycles. The van der Waals surface area contributed by atoms with E-state index < -0.39 is 10.0 Å². The summed E-state index contributed by atoms with van der Waals surface area (Å²) in [5, 5.41) is 4.81. The summed E-state index contributed by atoms with van der Waals surface area (Å²) in [5.41, 5.74) is 0.845. The van der Waals surface area contributed by atoms with E-state index in [2.05, 4.69) is 15.0 Å². The molecule has 0 aliphatic carbocycles. The van der Waals surface area contributed by atoms with Crippen LogP contribution < -0.4 is 10.0 Å². The third kappa shape index (κ3) is 4.54. The Morgan fingerprint density at radius 3 is 2.59 bits per heavy atom. The van der Waals surface area contributed by atoms with Crippen molar-refractivity contribution in [3.05, 3.63) is 41.4 Å². The molecule has 0 saturated carbocycles. The van der Waals surface area contributed by atoms with Gasteiger partial charge in [-0.1, -0.05) is 19.1 Å². The number of rotatable bonds is 7. The van der Waals surface area contributed by atoms with Crippen LogP contribution in [0, 0.1) is 0 Å². The highest BCUT2D eigenvalue weighted by Crippen LogP contribution is 2.18. The van der Waals surface area contributed by atoms with Crippen molar-refractivity contribution in [2.45, 2.75) is 31.2 Å². The second-order valence-corrected chi connectivity index (χ2v) is 7.19. The van der Waals surface area contributed by atoms with Crippen LogP contribution in [0.5, 0.6) is 0 Å². The first kappa shape index (κ1) is 16.4. The molecule has 1 amide bonds. The average Bonchev–Trinajstić information content (AvgIpc) is 2.98. The predicted octanol–water partition coefficient (Wildman–Crippen LogP) is 2.36. The largest absolute Gasteiger partial charge is 0.352 e. The van der Waals surface area contributed by atoms with E-state index in [4.69, 9.17) is 0 Å². The number of benzene rings is 1. The lowest BCUT2D eigenvalue weighted by Crippen LogP contribution is -2.22. The molecule has 1 heterocycles. The van der Waals surface area contributed by atoms with Gasteiger partial charge in [0.05, 0.1) is 4.90 Å². The zero-order valence-corrected chi connectivity index (χ0v) is 13.7. The molecule has 0 spiro atoms. The topological polar surface area (TPSA) is 88.2 Å². The van der Waals surface area contributed by atoms with Gasteiger partial charge < -0.3 is 5.32 Å². The van der Waals surface area contributed by atoms with E-state index in [1.807, 2.05) is 6.92 Å². The van der Waals surface area contributed by atoms with E-state index in [0.29, 0.717) is 18.1 Å². The number of hydrogen-bond donors (Lipinski definition) is 2. The first-order chi connectivity index (χ1) is 10.5. The second-order valence-electron chi connectivity index (χ2n) is 4.61. The molecule has 0 aliphatic rings. The Hall–Kier alpha value is -1.93. The van der Waals surface area contributed by atoms with Crippen molar-refractivity contribution in [1.82, 2.24) is 10.3 Å². The number of thiazole rings is 1. The summed E-state index contributed by atoms with van der Waals surface area (Å²) in [7, 11) is -3.63. The van der Waals surface area contributed by atoms with Gasteiger partial charge in [0.1, 0.15) is 0 Å². The highest BCUT2D eigenvalue weighted by molar-refractivity contribution is 7.93. The number of anilines is 1. The van der Waals surface area contributed by atoms with Crippen LogP contribution in [0.15, 0.2) is 40.7 Å². The van der Waals surface area contributed by atoms with Gasteiger partial charge in [-0.2, -0.15) is 0 Å². The zero-order valence-electron chi connectivity index (χ0n) is 12.1. The maximum atomic E-state index is 12.1. The first-order valence-electron chi connectivity index (χ1n) is 6.79. The first-order valence-corrected chi connectivity index (χ1v) is 9.15. The van der Waals surface area contributed by atoms with E-state index >= 15 is 0 Å². The van der Waals surface area contributed by atoms with Crippen molar-refractivity contribution >= 4 is 32.4 Å². The average molecular weight is 339 g/mol. The van der Waals surface area contributed by atoms with Gasteiger partial charge in [0.25, 0.3) is 10.0 Å². The van der Waals surface area contributed by atoms with E-state index in [0.717, 1.165) is 12.0 Å². The van der Waals surface area contributed by atoms with Crippen LogP contribution in [0.4, 0.5) is 5.13 Å². The molecule has 6 nitrogen and oxygen atoms in total. The van der Waals surface area contributed by atoms with Crippen LogP contribution in [0.3, 0.4) is 0 Å². The monoisotopic (exact) mass is 339 g/mol. The minimum absolute atomic E-state index is 0.00960. The molecule has 0 unspecified atom stereocenters. The SMILES string of the molecule is CCCC(=O)NCc1ccc(S(=O)(=O)Nc2nccs2)cc1. The summed E-state index contributed by atoms with van der Waals surface area (Å²) in [5.74, 6) is -0.00960. The second kappa shape index (κ2) is 7.37. The van der Waals surface area contributed by atoms with Gasteiger partial charge in [-0.15, -0.1) is 11.3 Å². The molecule has 8 heteroatoms. The van der Waals surface area contributed by atoms with Gasteiger partial charge in [-0.3, -0.25) is 9.52 Å². The van der Waals surface area contributed by atoms with Crippen molar-refractivity contribution in [2.75, 3.05) is 4.72 Å². The molecule has 22 heavy (non-hydrogen) atoms. The zero-order chi connectivity index (χ0) is 16.0. The van der Waals surface area contributed by atoms with Crippen molar-refractivity contribution < 1.29 is 13.2 Å². The van der Waals surface area contributed by atoms with E-state index in [1.54, 1.807) is 17.5 Å². The molecule has 0 radical (unpaired) electrons. The number of nitrogens with one attached hydrogen (secondary N) is 2. The van der Waals surface area contributed by atoms with Crippen LogP contribution in [0.2, 0.25) is 0 Å². The summed E-state index contributed by atoms with van der Waals surface area (Å²) < 4.78 is 26.7. The Bertz CT molecular complexity index is 710. The van der Waals surface area contributed by atoms with Gasteiger partial charge >= 0.3 is 0 Å². The lowest BCUT2D eigenvalue weighted by Gasteiger charge is -2.07. The highest BCUT2D eigenvalue weighted by Gasteiger charge is 2.15. The lowest BCUT2D eigenvalue weighted by molar-refractivity contribution is -0.121. The molecule has 0 aliphatic heterocycles. The fourth-order valence-corrected chi connectivity index (χ4v) is 3.54. The number of hydrogen-bond acceptors (Lipinski definition) is 5. The van der Waals surface area contributed by atoms with Gasteiger partial charge in [0.15, 0.2) is 5.13 Å². The Labute approximate surface area is 133 Å². The van der Waals surface area contributed by atoms with Crippen molar-refractivity contribution in [3.8, 4) is 0 Å². The maximum absolute atomic E-state index is 12.1. The molecule has 2 N–H and O–H groups in total. The number of carbonyl (C=O) groups is 1. The Morgan fingerprint density at radius 1 is 1.27 bits per heavy atom. The summed E-state index contributed by atoms with van der Waals surface area (Å²) in [4.78, 5) is 15.4. The van der Waals surface area contributed by atoms with Crippen molar-refractivity contribution in [3.63, 3.8) is 0 Å². The molecule has 2 aromatic rings. The van der Waals surface area contributed by atoms with Gasteiger partial charge in [-0.25, -0.2) is 13.4 Å². The van der Waals surface area contributed by atoms with Gasteiger partial charge in [0.2, 0.25) is 5.91 Å². The van der Waals surface area contributed by atoms with Crippen molar-refractivity contribution in [2.24, 2.45) is 0 Å². The molecule has 1 aromatic heterocycles. The van der Waals surface area contributed by atoms with E-state index in [1.165, 1.54) is 29.7 Å².